The van der Waals surface area contributed by atoms with E-state index in [0.717, 1.165) is 17.7 Å². The largest absolute Gasteiger partial charge is 0.417 e. The van der Waals surface area contributed by atoms with Gasteiger partial charge in [0.05, 0.1) is 15.5 Å². The fourth-order valence-electron chi connectivity index (χ4n) is 3.18. The van der Waals surface area contributed by atoms with Crippen LogP contribution in [0.1, 0.15) is 36.8 Å². The first-order chi connectivity index (χ1) is 16.0. The Kier molecular flexibility index (Phi) is 9.03. The molecule has 1 saturated heterocycles. The predicted molar refractivity (Wildman–Crippen MR) is 135 cm³/mol. The Hall–Kier alpha value is -2.07. The van der Waals surface area contributed by atoms with E-state index < -0.39 is 22.7 Å². The lowest BCUT2D eigenvalue weighted by Crippen LogP contribution is -2.29. The topological polar surface area (TPSA) is 49.4 Å². The summed E-state index contributed by atoms with van der Waals surface area (Å²) in [7, 11) is 0. The van der Waals surface area contributed by atoms with Crippen LogP contribution in [0.5, 0.6) is 0 Å². The molecule has 2 aromatic rings. The van der Waals surface area contributed by atoms with Crippen LogP contribution in [0.15, 0.2) is 47.4 Å². The number of nitrogens with zero attached hydrogens (tertiary/aromatic N) is 1. The third kappa shape index (κ3) is 7.21. The van der Waals surface area contributed by atoms with Gasteiger partial charge in [0.15, 0.2) is 0 Å². The number of unbranched alkanes of at least 4 members (excludes halogenated alkanes) is 2. The van der Waals surface area contributed by atoms with Gasteiger partial charge >= 0.3 is 6.18 Å². The zero-order valence-corrected chi connectivity index (χ0v) is 20.8. The van der Waals surface area contributed by atoms with Gasteiger partial charge in [0.2, 0.25) is 5.91 Å². The van der Waals surface area contributed by atoms with E-state index in [1.54, 1.807) is 18.2 Å². The molecule has 3 rings (SSSR count). The second kappa shape index (κ2) is 11.6. The molecule has 1 N–H and O–H groups in total. The number of nitrogens with one attached hydrogen (secondary N) is 1. The number of benzene rings is 2. The highest BCUT2D eigenvalue weighted by molar-refractivity contribution is 8.26. The summed E-state index contributed by atoms with van der Waals surface area (Å²) in [6, 6.07) is 10.3. The van der Waals surface area contributed by atoms with Crippen molar-refractivity contribution in [1.82, 2.24) is 4.90 Å². The fraction of sp³-hybridized carbons (Fsp3) is 0.261. The molecule has 0 aliphatic carbocycles. The highest BCUT2D eigenvalue weighted by atomic mass is 35.5. The molecule has 34 heavy (non-hydrogen) atoms. The van der Waals surface area contributed by atoms with Crippen molar-refractivity contribution in [3.05, 3.63) is 68.5 Å². The Morgan fingerprint density at radius 1 is 1.09 bits per heavy atom. The summed E-state index contributed by atoms with van der Waals surface area (Å²) in [5, 5.41) is 2.64. The Bertz CT molecular complexity index is 1120. The molecule has 11 heteroatoms. The number of hydrogen-bond acceptors (Lipinski definition) is 4. The summed E-state index contributed by atoms with van der Waals surface area (Å²) in [6.07, 6.45) is -0.906. The molecule has 0 unspecified atom stereocenters. The fourth-order valence-corrected chi connectivity index (χ4v) is 4.84. The zero-order valence-electron chi connectivity index (χ0n) is 17.6. The monoisotopic (exact) mass is 546 g/mol. The van der Waals surface area contributed by atoms with E-state index in [0.29, 0.717) is 40.1 Å². The van der Waals surface area contributed by atoms with Crippen LogP contribution in [0, 0.1) is 0 Å². The molecule has 0 aromatic heterocycles. The smallest absolute Gasteiger partial charge is 0.326 e. The van der Waals surface area contributed by atoms with Crippen LogP contribution in [0.3, 0.4) is 0 Å². The minimum absolute atomic E-state index is 0.0340. The number of amides is 2. The maximum atomic E-state index is 12.9. The minimum atomic E-state index is -4.60. The predicted octanol–water partition coefficient (Wildman–Crippen LogP) is 7.41. The van der Waals surface area contributed by atoms with Gasteiger partial charge in [0.25, 0.3) is 5.91 Å². The number of rotatable bonds is 8. The number of hydrogen-bond donors (Lipinski definition) is 1. The maximum Gasteiger partial charge on any atom is 0.417 e. The van der Waals surface area contributed by atoms with Crippen LogP contribution in [-0.4, -0.2) is 27.6 Å². The van der Waals surface area contributed by atoms with Crippen LogP contribution in [0.4, 0.5) is 18.9 Å². The molecule has 2 amide bonds. The first-order valence-electron chi connectivity index (χ1n) is 10.2. The van der Waals surface area contributed by atoms with Crippen molar-refractivity contribution in [3.63, 3.8) is 0 Å². The lowest BCUT2D eigenvalue weighted by molar-refractivity contribution is -0.137. The average Bonchev–Trinajstić information content (AvgIpc) is 3.03. The third-order valence-corrected chi connectivity index (χ3v) is 6.84. The lowest BCUT2D eigenvalue weighted by Gasteiger charge is -2.14. The number of thiocarbonyl (C=S) groups is 1. The van der Waals surface area contributed by atoms with Crippen molar-refractivity contribution >= 4 is 75.1 Å². The molecule has 1 aliphatic rings. The molecular weight excluding hydrogens is 528 g/mol. The Labute approximate surface area is 214 Å². The van der Waals surface area contributed by atoms with E-state index in [1.807, 2.05) is 12.1 Å². The number of alkyl halides is 3. The number of carbonyl (C=O) groups excluding carboxylic acids is 2. The normalized spacial score (nSPS) is 15.3. The summed E-state index contributed by atoms with van der Waals surface area (Å²) >= 11 is 18.0. The van der Waals surface area contributed by atoms with Gasteiger partial charge in [0.1, 0.15) is 4.32 Å². The standard InChI is InChI=1S/C23H19Cl2F3N2O2S2/c24-15-7-5-14(6-8-15)12-19-21(32)30(22(33)34-19)11-3-1-2-4-20(31)29-16-9-10-18(25)17(13-16)23(26,27)28/h5-10,12-13H,1-4,11H2,(H,29,31)/b19-12-. The first kappa shape index (κ1) is 26.5. The van der Waals surface area contributed by atoms with E-state index in [-0.39, 0.29) is 18.0 Å². The number of carbonyl (C=O) groups is 2. The summed E-state index contributed by atoms with van der Waals surface area (Å²) in [4.78, 5) is 26.8. The van der Waals surface area contributed by atoms with E-state index in [1.165, 1.54) is 22.7 Å². The van der Waals surface area contributed by atoms with E-state index in [2.05, 4.69) is 5.32 Å². The van der Waals surface area contributed by atoms with Crippen molar-refractivity contribution < 1.29 is 22.8 Å². The van der Waals surface area contributed by atoms with Crippen LogP contribution in [-0.2, 0) is 15.8 Å². The van der Waals surface area contributed by atoms with Gasteiger partial charge in [-0.3, -0.25) is 14.5 Å². The van der Waals surface area contributed by atoms with Crippen molar-refractivity contribution in [3.8, 4) is 0 Å². The van der Waals surface area contributed by atoms with Gasteiger partial charge in [-0.05, 0) is 54.8 Å². The Morgan fingerprint density at radius 3 is 2.47 bits per heavy atom. The molecule has 0 spiro atoms. The van der Waals surface area contributed by atoms with Gasteiger partial charge in [-0.25, -0.2) is 0 Å². The molecule has 180 valence electrons. The van der Waals surface area contributed by atoms with E-state index in [9.17, 15) is 22.8 Å². The molecule has 0 radical (unpaired) electrons. The van der Waals surface area contributed by atoms with Gasteiger partial charge in [0, 0.05) is 23.7 Å². The summed E-state index contributed by atoms with van der Waals surface area (Å²) in [6.45, 7) is 0.427. The maximum absolute atomic E-state index is 12.9. The van der Waals surface area contributed by atoms with E-state index in [4.69, 9.17) is 35.4 Å². The number of halogens is 5. The highest BCUT2D eigenvalue weighted by Crippen LogP contribution is 2.36. The summed E-state index contributed by atoms with van der Waals surface area (Å²) in [5.74, 6) is -0.558. The molecule has 1 heterocycles. The Morgan fingerprint density at radius 2 is 1.79 bits per heavy atom. The summed E-state index contributed by atoms with van der Waals surface area (Å²) < 4.78 is 39.3. The summed E-state index contributed by atoms with van der Waals surface area (Å²) in [5.41, 5.74) is -0.119. The van der Waals surface area contributed by atoms with Gasteiger partial charge in [-0.15, -0.1) is 0 Å². The minimum Gasteiger partial charge on any atom is -0.326 e. The molecule has 1 fully saturated rings. The second-order valence-corrected chi connectivity index (χ2v) is 9.96. The van der Waals surface area contributed by atoms with Crippen molar-refractivity contribution in [1.29, 1.82) is 0 Å². The van der Waals surface area contributed by atoms with Gasteiger partial charge in [-0.1, -0.05) is 65.7 Å². The molecule has 1 aliphatic heterocycles. The van der Waals surface area contributed by atoms with Crippen LogP contribution in [0.2, 0.25) is 10.0 Å². The third-order valence-electron chi connectivity index (χ3n) is 4.88. The van der Waals surface area contributed by atoms with Crippen LogP contribution >= 0.6 is 47.2 Å². The van der Waals surface area contributed by atoms with E-state index >= 15 is 0 Å². The average molecular weight is 547 g/mol. The van der Waals surface area contributed by atoms with Gasteiger partial charge in [-0.2, -0.15) is 13.2 Å². The van der Waals surface area contributed by atoms with Crippen molar-refractivity contribution in [2.45, 2.75) is 31.9 Å². The molecular formula is C23H19Cl2F3N2O2S2. The molecule has 0 saturated carbocycles. The molecule has 0 bridgehead atoms. The molecule has 4 nitrogen and oxygen atoms in total. The molecule has 2 aromatic carbocycles. The van der Waals surface area contributed by atoms with Crippen molar-refractivity contribution in [2.24, 2.45) is 0 Å². The number of anilines is 1. The van der Waals surface area contributed by atoms with Crippen molar-refractivity contribution in [2.75, 3.05) is 11.9 Å². The lowest BCUT2D eigenvalue weighted by atomic mass is 10.1. The quantitative estimate of drug-likeness (QED) is 0.212. The SMILES string of the molecule is O=C(CCCCCN1C(=O)/C(=C/c2ccc(Cl)cc2)SC1=S)Nc1ccc(Cl)c(C(F)(F)F)c1. The van der Waals surface area contributed by atoms with Crippen LogP contribution in [0.25, 0.3) is 6.08 Å². The second-order valence-electron chi connectivity index (χ2n) is 7.44. The van der Waals surface area contributed by atoms with Crippen LogP contribution < -0.4 is 5.32 Å². The zero-order chi connectivity index (χ0) is 24.9. The number of thioether (sulfide) groups is 1. The first-order valence-corrected chi connectivity index (χ1v) is 12.2. The highest BCUT2D eigenvalue weighted by Gasteiger charge is 2.33. The Balaban J connectivity index is 1.43. The molecule has 0 atom stereocenters. The van der Waals surface area contributed by atoms with Gasteiger partial charge < -0.3 is 5.32 Å².